The highest BCUT2D eigenvalue weighted by Crippen LogP contribution is 2.33. The van der Waals surface area contributed by atoms with Crippen molar-refractivity contribution in [2.24, 2.45) is 0 Å². The van der Waals surface area contributed by atoms with Crippen molar-refractivity contribution in [1.29, 1.82) is 0 Å². The average Bonchev–Trinajstić information content (AvgIpc) is 2.82. The second-order valence-electron chi connectivity index (χ2n) is 4.73. The van der Waals surface area contributed by atoms with E-state index in [0.29, 0.717) is 10.0 Å². The lowest BCUT2D eigenvalue weighted by Crippen LogP contribution is -2.33. The molecule has 4 nitrogen and oxygen atoms in total. The molecule has 106 valence electrons. The highest BCUT2D eigenvalue weighted by atomic mass is 35.5. The highest BCUT2D eigenvalue weighted by Gasteiger charge is 2.23. The molecule has 1 saturated heterocycles. The first-order valence-electron chi connectivity index (χ1n) is 6.07. The molecule has 19 heavy (non-hydrogen) atoms. The summed E-state index contributed by atoms with van der Waals surface area (Å²) < 4.78 is 26.7. The van der Waals surface area contributed by atoms with E-state index in [1.54, 1.807) is 19.1 Å². The predicted octanol–water partition coefficient (Wildman–Crippen LogP) is 2.80. The van der Waals surface area contributed by atoms with Crippen LogP contribution >= 0.6 is 23.2 Å². The standard InChI is InChI=1S/C12H16Cl2N2O2S/c1-8-4-5-10(13)12(11(8)14)16-19(17,18)7-9-3-2-6-15-9/h4-5,9,15-16H,2-3,6-7H2,1H3. The van der Waals surface area contributed by atoms with Crippen LogP contribution in [-0.2, 0) is 10.0 Å². The Morgan fingerprint density at radius 1 is 1.42 bits per heavy atom. The average molecular weight is 323 g/mol. The largest absolute Gasteiger partial charge is 0.313 e. The monoisotopic (exact) mass is 322 g/mol. The van der Waals surface area contributed by atoms with Crippen molar-refractivity contribution in [2.75, 3.05) is 17.0 Å². The van der Waals surface area contributed by atoms with E-state index in [2.05, 4.69) is 10.0 Å². The molecule has 1 fully saturated rings. The fourth-order valence-corrected chi connectivity index (χ4v) is 4.11. The Labute approximate surface area is 123 Å². The summed E-state index contributed by atoms with van der Waals surface area (Å²) in [5.41, 5.74) is 1.05. The predicted molar refractivity (Wildman–Crippen MR) is 79.6 cm³/mol. The number of hydrogen-bond donors (Lipinski definition) is 2. The van der Waals surface area contributed by atoms with Gasteiger partial charge in [0.2, 0.25) is 10.0 Å². The number of halogens is 2. The van der Waals surface area contributed by atoms with Gasteiger partial charge in [-0.2, -0.15) is 0 Å². The number of nitrogens with one attached hydrogen (secondary N) is 2. The third-order valence-electron chi connectivity index (χ3n) is 3.12. The van der Waals surface area contributed by atoms with Gasteiger partial charge in [0.1, 0.15) is 0 Å². The highest BCUT2D eigenvalue weighted by molar-refractivity contribution is 7.92. The van der Waals surface area contributed by atoms with Gasteiger partial charge in [0.05, 0.1) is 21.5 Å². The first-order valence-corrected chi connectivity index (χ1v) is 8.48. The van der Waals surface area contributed by atoms with Crippen molar-refractivity contribution in [2.45, 2.75) is 25.8 Å². The van der Waals surface area contributed by atoms with Crippen molar-refractivity contribution < 1.29 is 8.42 Å². The lowest BCUT2D eigenvalue weighted by Gasteiger charge is -2.15. The first-order chi connectivity index (χ1) is 8.89. The molecule has 1 aliphatic heterocycles. The second-order valence-corrected chi connectivity index (χ2v) is 7.28. The van der Waals surface area contributed by atoms with Gasteiger partial charge in [-0.1, -0.05) is 29.3 Å². The third kappa shape index (κ3) is 3.75. The SMILES string of the molecule is Cc1ccc(Cl)c(NS(=O)(=O)CC2CCCN2)c1Cl. The van der Waals surface area contributed by atoms with Crippen LogP contribution in [0.25, 0.3) is 0 Å². The van der Waals surface area contributed by atoms with Crippen molar-refractivity contribution in [3.8, 4) is 0 Å². The van der Waals surface area contributed by atoms with Crippen LogP contribution in [-0.4, -0.2) is 26.8 Å². The van der Waals surface area contributed by atoms with E-state index in [4.69, 9.17) is 23.2 Å². The number of benzene rings is 1. The van der Waals surface area contributed by atoms with Crippen LogP contribution in [0.2, 0.25) is 10.0 Å². The molecule has 0 amide bonds. The van der Waals surface area contributed by atoms with Gasteiger partial charge in [-0.3, -0.25) is 4.72 Å². The van der Waals surface area contributed by atoms with Crippen molar-refractivity contribution in [1.82, 2.24) is 5.32 Å². The van der Waals surface area contributed by atoms with E-state index in [1.807, 2.05) is 0 Å². The van der Waals surface area contributed by atoms with Gasteiger partial charge in [-0.05, 0) is 37.9 Å². The third-order valence-corrected chi connectivity index (χ3v) is 5.28. The van der Waals surface area contributed by atoms with E-state index in [9.17, 15) is 8.42 Å². The van der Waals surface area contributed by atoms with Gasteiger partial charge in [0, 0.05) is 6.04 Å². The second kappa shape index (κ2) is 5.87. The van der Waals surface area contributed by atoms with Crippen LogP contribution in [0.3, 0.4) is 0 Å². The molecular formula is C12H16Cl2N2O2S. The first kappa shape index (κ1) is 14.9. The maximum atomic E-state index is 12.1. The smallest absolute Gasteiger partial charge is 0.234 e. The lowest BCUT2D eigenvalue weighted by molar-refractivity contribution is 0.582. The minimum absolute atomic E-state index is 0.000129. The van der Waals surface area contributed by atoms with E-state index >= 15 is 0 Å². The van der Waals surface area contributed by atoms with Gasteiger partial charge in [-0.25, -0.2) is 8.42 Å². The Balaban J connectivity index is 2.18. The van der Waals surface area contributed by atoms with Gasteiger partial charge in [-0.15, -0.1) is 0 Å². The summed E-state index contributed by atoms with van der Waals surface area (Å²) in [5, 5.41) is 3.80. The molecule has 0 spiro atoms. The van der Waals surface area contributed by atoms with Gasteiger partial charge < -0.3 is 5.32 Å². The van der Waals surface area contributed by atoms with Crippen molar-refractivity contribution in [3.63, 3.8) is 0 Å². The molecule has 0 saturated carbocycles. The molecule has 1 aliphatic rings. The van der Waals surface area contributed by atoms with Crippen LogP contribution in [0.15, 0.2) is 12.1 Å². The summed E-state index contributed by atoms with van der Waals surface area (Å²) in [6.45, 7) is 2.67. The van der Waals surface area contributed by atoms with Crippen molar-refractivity contribution >= 4 is 38.9 Å². The Morgan fingerprint density at radius 2 is 2.16 bits per heavy atom. The normalized spacial score (nSPS) is 19.6. The summed E-state index contributed by atoms with van der Waals surface area (Å²) >= 11 is 12.1. The molecule has 2 N–H and O–H groups in total. The summed E-state index contributed by atoms with van der Waals surface area (Å²) in [5.74, 6) is 0.0353. The Bertz CT molecular complexity index is 569. The van der Waals surface area contributed by atoms with E-state index in [0.717, 1.165) is 24.9 Å². The number of rotatable bonds is 4. The van der Waals surface area contributed by atoms with Crippen LogP contribution in [0.4, 0.5) is 5.69 Å². The molecule has 0 aliphatic carbocycles. The fourth-order valence-electron chi connectivity index (χ4n) is 2.11. The molecule has 1 heterocycles. The van der Waals surface area contributed by atoms with Gasteiger partial charge in [0.15, 0.2) is 0 Å². The molecule has 1 aromatic rings. The molecular weight excluding hydrogens is 307 g/mol. The molecule has 1 atom stereocenters. The fraction of sp³-hybridized carbons (Fsp3) is 0.500. The van der Waals surface area contributed by atoms with E-state index < -0.39 is 10.0 Å². The summed E-state index contributed by atoms with van der Waals surface area (Å²) in [6, 6.07) is 3.38. The minimum atomic E-state index is -3.46. The Morgan fingerprint density at radius 3 is 2.79 bits per heavy atom. The number of sulfonamides is 1. The van der Waals surface area contributed by atoms with Crippen molar-refractivity contribution in [3.05, 3.63) is 27.7 Å². The Hall–Kier alpha value is -0.490. The maximum Gasteiger partial charge on any atom is 0.234 e. The van der Waals surface area contributed by atoms with Gasteiger partial charge >= 0.3 is 0 Å². The minimum Gasteiger partial charge on any atom is -0.313 e. The number of aryl methyl sites for hydroxylation is 1. The topological polar surface area (TPSA) is 58.2 Å². The zero-order chi connectivity index (χ0) is 14.0. The van der Waals surface area contributed by atoms with Crippen LogP contribution in [0.5, 0.6) is 0 Å². The van der Waals surface area contributed by atoms with E-state index in [-0.39, 0.29) is 17.5 Å². The number of hydrogen-bond acceptors (Lipinski definition) is 3. The summed E-state index contributed by atoms with van der Waals surface area (Å²) in [4.78, 5) is 0. The molecule has 2 rings (SSSR count). The summed E-state index contributed by atoms with van der Waals surface area (Å²) in [7, 11) is -3.46. The number of anilines is 1. The molecule has 0 radical (unpaired) electrons. The van der Waals surface area contributed by atoms with Crippen LogP contribution in [0.1, 0.15) is 18.4 Å². The zero-order valence-corrected chi connectivity index (χ0v) is 12.9. The van der Waals surface area contributed by atoms with Crippen LogP contribution < -0.4 is 10.0 Å². The molecule has 1 aromatic carbocycles. The Kier molecular flexibility index (Phi) is 4.61. The summed E-state index contributed by atoms with van der Waals surface area (Å²) in [6.07, 6.45) is 1.88. The molecule has 0 bridgehead atoms. The zero-order valence-electron chi connectivity index (χ0n) is 10.5. The van der Waals surface area contributed by atoms with Crippen LogP contribution in [0, 0.1) is 6.92 Å². The van der Waals surface area contributed by atoms with Gasteiger partial charge in [0.25, 0.3) is 0 Å². The maximum absolute atomic E-state index is 12.1. The van der Waals surface area contributed by atoms with E-state index in [1.165, 1.54) is 0 Å². The molecule has 0 aromatic heterocycles. The molecule has 7 heteroatoms. The molecule has 1 unspecified atom stereocenters. The lowest BCUT2D eigenvalue weighted by atomic mass is 10.2. The quantitative estimate of drug-likeness (QED) is 0.896.